The van der Waals surface area contributed by atoms with E-state index in [4.69, 9.17) is 0 Å². The number of nitrogens with one attached hydrogen (secondary N) is 1. The van der Waals surface area contributed by atoms with Crippen LogP contribution in [0.2, 0.25) is 0 Å². The van der Waals surface area contributed by atoms with Crippen molar-refractivity contribution >= 4 is 11.5 Å². The Morgan fingerprint density at radius 3 is 2.76 bits per heavy atom. The number of anilines is 1. The number of rotatable bonds is 3. The monoisotopic (exact) mass is 301 g/mol. The van der Waals surface area contributed by atoms with Gasteiger partial charge in [0.2, 0.25) is 0 Å². The number of aromatic nitrogens is 4. The molecule has 0 saturated heterocycles. The Balaban J connectivity index is 1.77. The van der Waals surface area contributed by atoms with Crippen molar-refractivity contribution in [1.82, 2.24) is 19.8 Å². The van der Waals surface area contributed by atoms with Gasteiger partial charge in [-0.3, -0.25) is 0 Å². The van der Waals surface area contributed by atoms with E-state index >= 15 is 0 Å². The van der Waals surface area contributed by atoms with Gasteiger partial charge >= 0.3 is 6.18 Å². The molecule has 1 fully saturated rings. The molecule has 2 atom stereocenters. The molecule has 2 N–H and O–H groups in total. The Bertz CT molecular complexity index is 641. The largest absolute Gasteiger partial charge is 0.453 e. The molecule has 2 heterocycles. The van der Waals surface area contributed by atoms with E-state index in [9.17, 15) is 18.3 Å². The third kappa shape index (κ3) is 2.92. The Morgan fingerprint density at radius 1 is 1.29 bits per heavy atom. The van der Waals surface area contributed by atoms with Gasteiger partial charge in [0.1, 0.15) is 5.82 Å². The van der Waals surface area contributed by atoms with E-state index in [1.54, 1.807) is 6.07 Å². The molecule has 114 valence electrons. The first kappa shape index (κ1) is 14.1. The van der Waals surface area contributed by atoms with E-state index in [-0.39, 0.29) is 11.8 Å². The van der Waals surface area contributed by atoms with Gasteiger partial charge in [0.25, 0.3) is 5.82 Å². The molecule has 3 rings (SSSR count). The van der Waals surface area contributed by atoms with Crippen LogP contribution in [-0.2, 0) is 6.18 Å². The van der Waals surface area contributed by atoms with Crippen LogP contribution in [0.15, 0.2) is 12.1 Å². The Kier molecular flexibility index (Phi) is 3.44. The highest BCUT2D eigenvalue weighted by molar-refractivity contribution is 5.44. The first-order valence-electron chi connectivity index (χ1n) is 6.65. The summed E-state index contributed by atoms with van der Waals surface area (Å²) in [6.45, 7) is 0.568. The topological polar surface area (TPSA) is 75.3 Å². The highest BCUT2D eigenvalue weighted by Crippen LogP contribution is 2.28. The molecule has 0 amide bonds. The standard InChI is InChI=1S/C12H14F3N5O/c13-12(14,15)11-18-17-10-4-3-9(19-20(10)11)16-6-7-1-2-8(21)5-7/h3-4,7-8,21H,1-2,5-6H2,(H,16,19). The Labute approximate surface area is 118 Å². The predicted molar refractivity (Wildman–Crippen MR) is 67.6 cm³/mol. The van der Waals surface area contributed by atoms with Crippen LogP contribution in [0.1, 0.15) is 25.1 Å². The third-order valence-electron chi connectivity index (χ3n) is 3.60. The van der Waals surface area contributed by atoms with E-state index in [2.05, 4.69) is 20.6 Å². The first-order chi connectivity index (χ1) is 9.93. The number of alkyl halides is 3. The van der Waals surface area contributed by atoms with Gasteiger partial charge in [-0.1, -0.05) is 0 Å². The van der Waals surface area contributed by atoms with Crippen LogP contribution in [0.25, 0.3) is 5.65 Å². The Hall–Kier alpha value is -1.90. The third-order valence-corrected chi connectivity index (χ3v) is 3.60. The highest BCUT2D eigenvalue weighted by atomic mass is 19.4. The van der Waals surface area contributed by atoms with Crippen molar-refractivity contribution in [1.29, 1.82) is 0 Å². The van der Waals surface area contributed by atoms with Crippen molar-refractivity contribution < 1.29 is 18.3 Å². The zero-order valence-electron chi connectivity index (χ0n) is 11.0. The van der Waals surface area contributed by atoms with Crippen LogP contribution in [0.5, 0.6) is 0 Å². The molecule has 0 aliphatic heterocycles. The summed E-state index contributed by atoms with van der Waals surface area (Å²) >= 11 is 0. The average Bonchev–Trinajstić information content (AvgIpc) is 3.01. The van der Waals surface area contributed by atoms with Crippen molar-refractivity contribution in [3.05, 3.63) is 18.0 Å². The van der Waals surface area contributed by atoms with Gasteiger partial charge in [-0.2, -0.15) is 17.7 Å². The van der Waals surface area contributed by atoms with Gasteiger partial charge in [-0.05, 0) is 37.3 Å². The van der Waals surface area contributed by atoms with E-state index in [1.165, 1.54) is 6.07 Å². The minimum absolute atomic E-state index is 0.0455. The molecule has 0 spiro atoms. The molecule has 0 aromatic carbocycles. The molecule has 1 aliphatic carbocycles. The molecular formula is C12H14F3N5O. The molecule has 2 aromatic heterocycles. The quantitative estimate of drug-likeness (QED) is 0.903. The summed E-state index contributed by atoms with van der Waals surface area (Å²) in [6, 6.07) is 3.00. The number of halogens is 3. The average molecular weight is 301 g/mol. The summed E-state index contributed by atoms with van der Waals surface area (Å²) in [5.74, 6) is -0.507. The van der Waals surface area contributed by atoms with Gasteiger partial charge in [0, 0.05) is 6.54 Å². The molecule has 0 radical (unpaired) electrons. The zero-order chi connectivity index (χ0) is 15.0. The summed E-state index contributed by atoms with van der Waals surface area (Å²) in [5, 5.41) is 22.9. The summed E-state index contributed by atoms with van der Waals surface area (Å²) in [4.78, 5) is 0. The van der Waals surface area contributed by atoms with Crippen molar-refractivity contribution in [2.45, 2.75) is 31.5 Å². The number of fused-ring (bicyclic) bond motifs is 1. The van der Waals surface area contributed by atoms with Crippen molar-refractivity contribution in [2.75, 3.05) is 11.9 Å². The molecule has 1 aliphatic rings. The van der Waals surface area contributed by atoms with Crippen LogP contribution in [0.3, 0.4) is 0 Å². The van der Waals surface area contributed by atoms with Gasteiger partial charge in [-0.15, -0.1) is 15.3 Å². The molecule has 6 nitrogen and oxygen atoms in total. The van der Waals surface area contributed by atoms with Crippen LogP contribution in [0.4, 0.5) is 19.0 Å². The fourth-order valence-electron chi connectivity index (χ4n) is 2.54. The lowest BCUT2D eigenvalue weighted by atomic mass is 10.1. The lowest BCUT2D eigenvalue weighted by Gasteiger charge is -2.11. The summed E-state index contributed by atoms with van der Waals surface area (Å²) < 4.78 is 38.9. The van der Waals surface area contributed by atoms with E-state index in [1.807, 2.05) is 0 Å². The molecule has 0 bridgehead atoms. The van der Waals surface area contributed by atoms with Gasteiger partial charge < -0.3 is 10.4 Å². The minimum atomic E-state index is -4.60. The first-order valence-corrected chi connectivity index (χ1v) is 6.65. The summed E-state index contributed by atoms with van der Waals surface area (Å²) in [5.41, 5.74) is 0.0455. The fraction of sp³-hybridized carbons (Fsp3) is 0.583. The van der Waals surface area contributed by atoms with Gasteiger partial charge in [0.05, 0.1) is 6.10 Å². The lowest BCUT2D eigenvalue weighted by Crippen LogP contribution is -2.16. The predicted octanol–water partition coefficient (Wildman–Crippen LogP) is 1.72. The molecule has 9 heteroatoms. The van der Waals surface area contributed by atoms with Crippen LogP contribution in [-0.4, -0.2) is 37.6 Å². The lowest BCUT2D eigenvalue weighted by molar-refractivity contribution is -0.146. The van der Waals surface area contributed by atoms with Crippen LogP contribution in [0, 0.1) is 5.92 Å². The maximum absolute atomic E-state index is 12.7. The summed E-state index contributed by atoms with van der Waals surface area (Å²) in [7, 11) is 0. The summed E-state index contributed by atoms with van der Waals surface area (Å²) in [6.07, 6.45) is -2.50. The minimum Gasteiger partial charge on any atom is -0.393 e. The highest BCUT2D eigenvalue weighted by Gasteiger charge is 2.37. The molecular weight excluding hydrogens is 287 g/mol. The van der Waals surface area contributed by atoms with E-state index < -0.39 is 12.0 Å². The normalized spacial score (nSPS) is 22.9. The molecule has 1 saturated carbocycles. The molecule has 21 heavy (non-hydrogen) atoms. The number of hydrogen-bond acceptors (Lipinski definition) is 5. The number of hydrogen-bond donors (Lipinski definition) is 2. The zero-order valence-corrected chi connectivity index (χ0v) is 11.0. The van der Waals surface area contributed by atoms with Crippen molar-refractivity contribution in [3.8, 4) is 0 Å². The fourth-order valence-corrected chi connectivity index (χ4v) is 2.54. The van der Waals surface area contributed by atoms with E-state index in [0.29, 0.717) is 29.2 Å². The second-order valence-corrected chi connectivity index (χ2v) is 5.22. The van der Waals surface area contributed by atoms with Crippen LogP contribution >= 0.6 is 0 Å². The second kappa shape index (κ2) is 5.14. The van der Waals surface area contributed by atoms with Gasteiger partial charge in [-0.25, -0.2) is 0 Å². The molecule has 2 aromatic rings. The second-order valence-electron chi connectivity index (χ2n) is 5.22. The number of aliphatic hydroxyl groups excluding tert-OH is 1. The van der Waals surface area contributed by atoms with E-state index in [0.717, 1.165) is 12.8 Å². The Morgan fingerprint density at radius 2 is 2.10 bits per heavy atom. The number of aliphatic hydroxyl groups is 1. The maximum atomic E-state index is 12.7. The van der Waals surface area contributed by atoms with Gasteiger partial charge in [0.15, 0.2) is 5.65 Å². The number of nitrogens with zero attached hydrogens (tertiary/aromatic N) is 4. The van der Waals surface area contributed by atoms with Crippen LogP contribution < -0.4 is 5.32 Å². The molecule has 2 unspecified atom stereocenters. The van der Waals surface area contributed by atoms with Crippen molar-refractivity contribution in [3.63, 3.8) is 0 Å². The maximum Gasteiger partial charge on any atom is 0.453 e. The smallest absolute Gasteiger partial charge is 0.393 e. The van der Waals surface area contributed by atoms with Crippen molar-refractivity contribution in [2.24, 2.45) is 5.92 Å². The SMILES string of the molecule is OC1CCC(CNc2ccc3nnc(C(F)(F)F)n3n2)C1.